The maximum atomic E-state index is 9.10. The van der Waals surface area contributed by atoms with E-state index in [0.717, 1.165) is 53.7 Å². The molecule has 1 N–H and O–H groups in total. The lowest BCUT2D eigenvalue weighted by Gasteiger charge is -2.16. The highest BCUT2D eigenvalue weighted by molar-refractivity contribution is 5.83. The van der Waals surface area contributed by atoms with E-state index in [2.05, 4.69) is 6.07 Å². The molecule has 160 valence electrons. The van der Waals surface area contributed by atoms with Gasteiger partial charge in [0.05, 0.1) is 18.8 Å². The van der Waals surface area contributed by atoms with Crippen LogP contribution in [0.2, 0.25) is 0 Å². The lowest BCUT2D eigenvalue weighted by atomic mass is 10.0. The van der Waals surface area contributed by atoms with Gasteiger partial charge in [-0.25, -0.2) is 0 Å². The molecule has 5 heteroatoms. The number of hydrogen-bond donors (Lipinski definition) is 1. The van der Waals surface area contributed by atoms with Gasteiger partial charge >= 0.3 is 0 Å². The van der Waals surface area contributed by atoms with Crippen LogP contribution < -0.4 is 4.74 Å². The van der Waals surface area contributed by atoms with E-state index in [4.69, 9.17) is 23.7 Å². The van der Waals surface area contributed by atoms with Crippen LogP contribution in [-0.4, -0.2) is 36.3 Å². The summed E-state index contributed by atoms with van der Waals surface area (Å²) in [6.07, 6.45) is 3.33. The van der Waals surface area contributed by atoms with Gasteiger partial charge in [-0.2, -0.15) is 0 Å². The Morgan fingerprint density at radius 3 is 2.40 bits per heavy atom. The summed E-state index contributed by atoms with van der Waals surface area (Å²) < 4.78 is 24.0. The first kappa shape index (κ1) is 20.9. The van der Waals surface area contributed by atoms with E-state index in [-0.39, 0.29) is 18.8 Å². The largest absolute Gasteiger partial charge is 0.493 e. The Labute approximate surface area is 177 Å². The molecule has 0 bridgehead atoms. The number of hydrogen-bond acceptors (Lipinski definition) is 5. The Balaban J connectivity index is 1.31. The van der Waals surface area contributed by atoms with E-state index in [1.165, 1.54) is 0 Å². The summed E-state index contributed by atoms with van der Waals surface area (Å²) in [5.74, 6) is 1.10. The zero-order valence-electron chi connectivity index (χ0n) is 17.7. The predicted molar refractivity (Wildman–Crippen MR) is 117 cm³/mol. The highest BCUT2D eigenvalue weighted by Crippen LogP contribution is 2.33. The summed E-state index contributed by atoms with van der Waals surface area (Å²) in [4.78, 5) is 0. The third kappa shape index (κ3) is 5.04. The fraction of sp³-hybridized carbons (Fsp3) is 0.440. The first-order chi connectivity index (χ1) is 14.5. The van der Waals surface area contributed by atoms with Gasteiger partial charge in [-0.05, 0) is 57.7 Å². The smallest absolute Gasteiger partial charge is 0.163 e. The molecule has 2 unspecified atom stereocenters. The lowest BCUT2D eigenvalue weighted by molar-refractivity contribution is -0.147. The van der Waals surface area contributed by atoms with Gasteiger partial charge in [-0.1, -0.05) is 30.3 Å². The SMILES string of the molecule is CC1(C)OC(CCCO)C(CCCOc2ccc3cc(-c4ccccc4)oc3c2)O1. The number of benzene rings is 2. The lowest BCUT2D eigenvalue weighted by Crippen LogP contribution is -2.23. The van der Waals surface area contributed by atoms with Crippen molar-refractivity contribution in [2.24, 2.45) is 0 Å². The molecule has 2 heterocycles. The number of ether oxygens (including phenoxy) is 3. The first-order valence-electron chi connectivity index (χ1n) is 10.7. The van der Waals surface area contributed by atoms with Crippen LogP contribution in [0.1, 0.15) is 39.5 Å². The number of rotatable bonds is 9. The van der Waals surface area contributed by atoms with Gasteiger partial charge in [0.15, 0.2) is 5.79 Å². The summed E-state index contributed by atoms with van der Waals surface area (Å²) in [6.45, 7) is 4.66. The quantitative estimate of drug-likeness (QED) is 0.469. The van der Waals surface area contributed by atoms with E-state index in [1.807, 2.05) is 62.4 Å². The van der Waals surface area contributed by atoms with Crippen LogP contribution in [0.3, 0.4) is 0 Å². The fourth-order valence-corrected chi connectivity index (χ4v) is 4.01. The molecule has 1 aliphatic heterocycles. The summed E-state index contributed by atoms with van der Waals surface area (Å²) >= 11 is 0. The summed E-state index contributed by atoms with van der Waals surface area (Å²) in [5, 5.41) is 10.2. The molecule has 2 aromatic carbocycles. The summed E-state index contributed by atoms with van der Waals surface area (Å²) in [5.41, 5.74) is 1.89. The highest BCUT2D eigenvalue weighted by atomic mass is 16.7. The highest BCUT2D eigenvalue weighted by Gasteiger charge is 2.40. The van der Waals surface area contributed by atoms with Crippen molar-refractivity contribution in [3.8, 4) is 17.1 Å². The van der Waals surface area contributed by atoms with Crippen molar-refractivity contribution in [1.29, 1.82) is 0 Å². The van der Waals surface area contributed by atoms with Crippen molar-refractivity contribution in [2.45, 2.75) is 57.5 Å². The predicted octanol–water partition coefficient (Wildman–Crippen LogP) is 5.55. The normalized spacial score (nSPS) is 20.6. The second kappa shape index (κ2) is 9.21. The van der Waals surface area contributed by atoms with Crippen LogP contribution in [0.15, 0.2) is 59.0 Å². The molecule has 5 nitrogen and oxygen atoms in total. The van der Waals surface area contributed by atoms with Gasteiger partial charge in [-0.15, -0.1) is 0 Å². The fourth-order valence-electron chi connectivity index (χ4n) is 4.01. The molecule has 1 aliphatic rings. The van der Waals surface area contributed by atoms with E-state index in [0.29, 0.717) is 6.61 Å². The molecule has 0 aliphatic carbocycles. The van der Waals surface area contributed by atoms with E-state index < -0.39 is 5.79 Å². The van der Waals surface area contributed by atoms with Crippen molar-refractivity contribution >= 4 is 11.0 Å². The van der Waals surface area contributed by atoms with Crippen LogP contribution in [-0.2, 0) is 9.47 Å². The average Bonchev–Trinajstić information content (AvgIpc) is 3.30. The number of aliphatic hydroxyl groups excluding tert-OH is 1. The molecule has 1 fully saturated rings. The van der Waals surface area contributed by atoms with E-state index >= 15 is 0 Å². The van der Waals surface area contributed by atoms with Crippen molar-refractivity contribution in [3.63, 3.8) is 0 Å². The second-order valence-electron chi connectivity index (χ2n) is 8.25. The molecular weight excluding hydrogens is 380 g/mol. The maximum Gasteiger partial charge on any atom is 0.163 e. The van der Waals surface area contributed by atoms with Gasteiger partial charge in [0, 0.05) is 23.6 Å². The minimum absolute atomic E-state index is 0.0306. The molecule has 30 heavy (non-hydrogen) atoms. The van der Waals surface area contributed by atoms with Gasteiger partial charge < -0.3 is 23.7 Å². The zero-order valence-corrected chi connectivity index (χ0v) is 17.7. The molecule has 1 saturated heterocycles. The van der Waals surface area contributed by atoms with Gasteiger partial charge in [0.2, 0.25) is 0 Å². The first-order valence-corrected chi connectivity index (χ1v) is 10.7. The Morgan fingerprint density at radius 1 is 0.933 bits per heavy atom. The third-order valence-electron chi connectivity index (χ3n) is 5.38. The van der Waals surface area contributed by atoms with Crippen LogP contribution in [0.4, 0.5) is 0 Å². The van der Waals surface area contributed by atoms with Gasteiger partial charge in [0.25, 0.3) is 0 Å². The molecule has 2 atom stereocenters. The summed E-state index contributed by atoms with van der Waals surface area (Å²) in [6, 6.07) is 18.1. The molecule has 1 aromatic heterocycles. The van der Waals surface area contributed by atoms with Gasteiger partial charge in [-0.3, -0.25) is 0 Å². The molecule has 4 rings (SSSR count). The van der Waals surface area contributed by atoms with Crippen molar-refractivity contribution in [3.05, 3.63) is 54.6 Å². The average molecular weight is 411 g/mol. The Kier molecular flexibility index (Phi) is 6.42. The Bertz CT molecular complexity index is 947. The topological polar surface area (TPSA) is 61.1 Å². The number of aliphatic hydroxyl groups is 1. The third-order valence-corrected chi connectivity index (χ3v) is 5.38. The maximum absolute atomic E-state index is 9.10. The van der Waals surface area contributed by atoms with Crippen LogP contribution >= 0.6 is 0 Å². The van der Waals surface area contributed by atoms with Crippen LogP contribution in [0, 0.1) is 0 Å². The Morgan fingerprint density at radius 2 is 1.67 bits per heavy atom. The summed E-state index contributed by atoms with van der Waals surface area (Å²) in [7, 11) is 0. The van der Waals surface area contributed by atoms with Crippen molar-refractivity contribution in [1.82, 2.24) is 0 Å². The molecule has 0 radical (unpaired) electrons. The van der Waals surface area contributed by atoms with Crippen LogP contribution in [0.25, 0.3) is 22.3 Å². The monoisotopic (exact) mass is 410 g/mol. The minimum atomic E-state index is -0.563. The minimum Gasteiger partial charge on any atom is -0.493 e. The Hall–Kier alpha value is -2.34. The zero-order chi connectivity index (χ0) is 21.0. The van der Waals surface area contributed by atoms with Crippen LogP contribution in [0.5, 0.6) is 5.75 Å². The van der Waals surface area contributed by atoms with E-state index in [1.54, 1.807) is 0 Å². The second-order valence-corrected chi connectivity index (χ2v) is 8.25. The number of furan rings is 1. The van der Waals surface area contributed by atoms with E-state index in [9.17, 15) is 0 Å². The van der Waals surface area contributed by atoms with Crippen molar-refractivity contribution in [2.75, 3.05) is 13.2 Å². The standard InChI is InChI=1S/C25H30O5/c1-25(2)29-21(10-6-14-26)22(30-25)11-7-15-27-20-13-12-19-16-23(28-24(19)17-20)18-8-4-3-5-9-18/h3-5,8-9,12-13,16-17,21-22,26H,6-7,10-11,14-15H2,1-2H3. The molecule has 3 aromatic rings. The molecule has 0 amide bonds. The molecular formula is C25H30O5. The molecule has 0 spiro atoms. The van der Waals surface area contributed by atoms with Crippen molar-refractivity contribution < 1.29 is 23.7 Å². The van der Waals surface area contributed by atoms with Gasteiger partial charge in [0.1, 0.15) is 17.1 Å². The molecule has 0 saturated carbocycles. The number of fused-ring (bicyclic) bond motifs is 1.